The molecule has 1 aromatic heterocycles. The summed E-state index contributed by atoms with van der Waals surface area (Å²) in [5.74, 6) is 1.24. The molecule has 1 saturated heterocycles. The van der Waals surface area contributed by atoms with Crippen LogP contribution in [0, 0.1) is 0 Å². The smallest absolute Gasteiger partial charge is 0.195 e. The minimum atomic E-state index is -0.457. The van der Waals surface area contributed by atoms with Gasteiger partial charge in [0.1, 0.15) is 6.61 Å². The summed E-state index contributed by atoms with van der Waals surface area (Å²) in [4.78, 5) is 9.37. The summed E-state index contributed by atoms with van der Waals surface area (Å²) in [7, 11) is 1.58. The lowest BCUT2D eigenvalue weighted by Gasteiger charge is -2.16. The van der Waals surface area contributed by atoms with Gasteiger partial charge in [-0.2, -0.15) is 0 Å². The molecular formula is C9H12N2O3. The Morgan fingerprint density at radius 3 is 3.21 bits per heavy atom. The summed E-state index contributed by atoms with van der Waals surface area (Å²) in [5, 5.41) is 10.8. The molecule has 1 fully saturated rings. The highest BCUT2D eigenvalue weighted by molar-refractivity contribution is 5.50. The molecule has 1 aromatic rings. The van der Waals surface area contributed by atoms with Crippen molar-refractivity contribution >= 4 is 5.82 Å². The fourth-order valence-electron chi connectivity index (χ4n) is 1.35. The van der Waals surface area contributed by atoms with Gasteiger partial charge in [-0.25, -0.2) is 10.0 Å². The van der Waals surface area contributed by atoms with E-state index in [1.54, 1.807) is 30.5 Å². The molecule has 5 heteroatoms. The van der Waals surface area contributed by atoms with Gasteiger partial charge in [-0.15, -0.1) is 0 Å². The highest BCUT2D eigenvalue weighted by atomic mass is 16.7. The van der Waals surface area contributed by atoms with Crippen molar-refractivity contribution in [2.75, 3.05) is 25.3 Å². The summed E-state index contributed by atoms with van der Waals surface area (Å²) >= 11 is 0. The van der Waals surface area contributed by atoms with Crippen LogP contribution in [0.5, 0.6) is 5.75 Å². The SMILES string of the molecule is COc1cccnc1N1CC(O)CO1. The van der Waals surface area contributed by atoms with E-state index in [-0.39, 0.29) is 0 Å². The highest BCUT2D eigenvalue weighted by Crippen LogP contribution is 2.26. The zero-order chi connectivity index (χ0) is 9.97. The first-order chi connectivity index (χ1) is 6.81. The first kappa shape index (κ1) is 9.23. The molecule has 2 rings (SSSR count). The molecular weight excluding hydrogens is 184 g/mol. The second-order valence-electron chi connectivity index (χ2n) is 3.04. The van der Waals surface area contributed by atoms with Crippen LogP contribution in [0.25, 0.3) is 0 Å². The number of β-amino-alcohol motifs (C(OH)–C–C–N with tert-alkyl or cyclic N) is 1. The van der Waals surface area contributed by atoms with E-state index >= 15 is 0 Å². The standard InChI is InChI=1S/C9H12N2O3/c1-13-8-3-2-4-10-9(8)11-5-7(12)6-14-11/h2-4,7,12H,5-6H2,1H3. The topological polar surface area (TPSA) is 54.8 Å². The maximum Gasteiger partial charge on any atom is 0.195 e. The monoisotopic (exact) mass is 196 g/mol. The average molecular weight is 196 g/mol. The van der Waals surface area contributed by atoms with Gasteiger partial charge in [-0.3, -0.25) is 4.84 Å². The minimum Gasteiger partial charge on any atom is -0.493 e. The summed E-state index contributed by atoms with van der Waals surface area (Å²) < 4.78 is 5.13. The van der Waals surface area contributed by atoms with Crippen molar-refractivity contribution in [3.63, 3.8) is 0 Å². The van der Waals surface area contributed by atoms with Crippen LogP contribution in [0.3, 0.4) is 0 Å². The number of anilines is 1. The van der Waals surface area contributed by atoms with Crippen LogP contribution in [0.2, 0.25) is 0 Å². The van der Waals surface area contributed by atoms with Crippen molar-refractivity contribution in [1.29, 1.82) is 0 Å². The van der Waals surface area contributed by atoms with Gasteiger partial charge in [0.05, 0.1) is 19.8 Å². The zero-order valence-corrected chi connectivity index (χ0v) is 7.88. The third-order valence-corrected chi connectivity index (χ3v) is 2.01. The first-order valence-corrected chi connectivity index (χ1v) is 4.39. The minimum absolute atomic E-state index is 0.305. The highest BCUT2D eigenvalue weighted by Gasteiger charge is 2.24. The molecule has 0 amide bonds. The Morgan fingerprint density at radius 2 is 2.57 bits per heavy atom. The molecule has 0 aliphatic carbocycles. The van der Waals surface area contributed by atoms with Gasteiger partial charge in [0.15, 0.2) is 11.6 Å². The van der Waals surface area contributed by atoms with E-state index in [1.807, 2.05) is 0 Å². The van der Waals surface area contributed by atoms with E-state index < -0.39 is 6.10 Å². The van der Waals surface area contributed by atoms with Crippen molar-refractivity contribution < 1.29 is 14.7 Å². The number of aromatic nitrogens is 1. The van der Waals surface area contributed by atoms with E-state index in [1.165, 1.54) is 0 Å². The molecule has 5 nitrogen and oxygen atoms in total. The third-order valence-electron chi connectivity index (χ3n) is 2.01. The van der Waals surface area contributed by atoms with Crippen LogP contribution < -0.4 is 9.80 Å². The molecule has 0 bridgehead atoms. The lowest BCUT2D eigenvalue weighted by molar-refractivity contribution is 0.115. The van der Waals surface area contributed by atoms with Crippen molar-refractivity contribution in [1.82, 2.24) is 4.98 Å². The number of hydrogen-bond acceptors (Lipinski definition) is 5. The maximum absolute atomic E-state index is 9.29. The molecule has 1 atom stereocenters. The van der Waals surface area contributed by atoms with Gasteiger partial charge >= 0.3 is 0 Å². The Balaban J connectivity index is 2.22. The van der Waals surface area contributed by atoms with Crippen LogP contribution in [0.4, 0.5) is 5.82 Å². The molecule has 14 heavy (non-hydrogen) atoms. The third kappa shape index (κ3) is 1.64. The fraction of sp³-hybridized carbons (Fsp3) is 0.444. The largest absolute Gasteiger partial charge is 0.493 e. The Hall–Kier alpha value is -1.33. The van der Waals surface area contributed by atoms with Gasteiger partial charge in [0.25, 0.3) is 0 Å². The molecule has 1 unspecified atom stereocenters. The number of methoxy groups -OCH3 is 1. The number of aliphatic hydroxyl groups is 1. The van der Waals surface area contributed by atoms with Crippen molar-refractivity contribution in [3.8, 4) is 5.75 Å². The predicted molar refractivity (Wildman–Crippen MR) is 50.1 cm³/mol. The first-order valence-electron chi connectivity index (χ1n) is 4.39. The second-order valence-corrected chi connectivity index (χ2v) is 3.04. The Bertz CT molecular complexity index is 319. The van der Waals surface area contributed by atoms with E-state index in [4.69, 9.17) is 9.57 Å². The molecule has 1 N–H and O–H groups in total. The van der Waals surface area contributed by atoms with E-state index in [2.05, 4.69) is 4.98 Å². The molecule has 76 valence electrons. The number of hydrogen-bond donors (Lipinski definition) is 1. The van der Waals surface area contributed by atoms with Gasteiger partial charge in [0.2, 0.25) is 0 Å². The molecule has 0 spiro atoms. The van der Waals surface area contributed by atoms with Gasteiger partial charge in [-0.05, 0) is 12.1 Å². The van der Waals surface area contributed by atoms with Crippen LogP contribution >= 0.6 is 0 Å². The van der Waals surface area contributed by atoms with Gasteiger partial charge in [-0.1, -0.05) is 0 Å². The predicted octanol–water partition coefficient (Wildman–Crippen LogP) is 0.203. The molecule has 0 radical (unpaired) electrons. The van der Waals surface area contributed by atoms with Crippen LogP contribution in [-0.4, -0.2) is 36.5 Å². The number of aliphatic hydroxyl groups excluding tert-OH is 1. The van der Waals surface area contributed by atoms with Gasteiger partial charge in [0, 0.05) is 6.20 Å². The Morgan fingerprint density at radius 1 is 1.71 bits per heavy atom. The summed E-state index contributed by atoms with van der Waals surface area (Å²) in [6, 6.07) is 3.59. The van der Waals surface area contributed by atoms with E-state index in [0.717, 1.165) is 0 Å². The zero-order valence-electron chi connectivity index (χ0n) is 7.88. The second kappa shape index (κ2) is 3.81. The lowest BCUT2D eigenvalue weighted by Crippen LogP contribution is -2.21. The number of pyridine rings is 1. The number of rotatable bonds is 2. The van der Waals surface area contributed by atoms with Crippen molar-refractivity contribution in [2.24, 2.45) is 0 Å². The van der Waals surface area contributed by atoms with E-state index in [0.29, 0.717) is 24.7 Å². The molecule has 1 aliphatic rings. The normalized spacial score (nSPS) is 21.3. The Kier molecular flexibility index (Phi) is 2.51. The molecule has 2 heterocycles. The fourth-order valence-corrected chi connectivity index (χ4v) is 1.35. The van der Waals surface area contributed by atoms with Gasteiger partial charge < -0.3 is 9.84 Å². The van der Waals surface area contributed by atoms with Crippen LogP contribution in [-0.2, 0) is 4.84 Å². The van der Waals surface area contributed by atoms with Crippen LogP contribution in [0.1, 0.15) is 0 Å². The maximum atomic E-state index is 9.29. The summed E-state index contributed by atoms with van der Waals surface area (Å²) in [6.07, 6.45) is 1.20. The lowest BCUT2D eigenvalue weighted by atomic mass is 10.4. The number of ether oxygens (including phenoxy) is 1. The molecule has 1 aliphatic heterocycles. The average Bonchev–Trinajstić information content (AvgIpc) is 2.65. The van der Waals surface area contributed by atoms with Crippen LogP contribution in [0.15, 0.2) is 18.3 Å². The quantitative estimate of drug-likeness (QED) is 0.732. The molecule has 0 aromatic carbocycles. The summed E-state index contributed by atoms with van der Waals surface area (Å²) in [5.41, 5.74) is 0. The molecule has 0 saturated carbocycles. The van der Waals surface area contributed by atoms with E-state index in [9.17, 15) is 5.11 Å². The van der Waals surface area contributed by atoms with Crippen molar-refractivity contribution in [3.05, 3.63) is 18.3 Å². The number of hydroxylamine groups is 1. The summed E-state index contributed by atoms with van der Waals surface area (Å²) in [6.45, 7) is 0.729. The van der Waals surface area contributed by atoms with Crippen molar-refractivity contribution in [2.45, 2.75) is 6.10 Å². The number of nitrogens with zero attached hydrogens (tertiary/aromatic N) is 2. The Labute approximate surface area is 81.8 Å².